The molecule has 27 heavy (non-hydrogen) atoms. The molecule has 1 saturated carbocycles. The number of carbonyl (C=O) groups is 1. The first-order valence-electron chi connectivity index (χ1n) is 8.91. The number of benzene rings is 1. The Labute approximate surface area is 154 Å². The van der Waals surface area contributed by atoms with E-state index in [-0.39, 0.29) is 11.4 Å². The van der Waals surface area contributed by atoms with Gasteiger partial charge in [-0.25, -0.2) is 9.78 Å². The predicted molar refractivity (Wildman–Crippen MR) is 92.6 cm³/mol. The Morgan fingerprint density at radius 3 is 2.41 bits per heavy atom. The zero-order chi connectivity index (χ0) is 19.6. The lowest BCUT2D eigenvalue weighted by atomic mass is 9.89. The number of aromatic nitrogens is 2. The molecule has 1 aromatic carbocycles. The normalized spacial score (nSPS) is 15.7. The van der Waals surface area contributed by atoms with E-state index in [9.17, 15) is 23.1 Å². The molecule has 2 aromatic rings. The summed E-state index contributed by atoms with van der Waals surface area (Å²) in [6.45, 7) is 2.37. The molecular weight excluding hydrogens is 361 g/mol. The highest BCUT2D eigenvalue weighted by atomic mass is 19.4. The monoisotopic (exact) mass is 382 g/mol. The van der Waals surface area contributed by atoms with Gasteiger partial charge in [-0.05, 0) is 49.9 Å². The highest BCUT2D eigenvalue weighted by molar-refractivity contribution is 5.87. The summed E-state index contributed by atoms with van der Waals surface area (Å²) in [4.78, 5) is 15.8. The smallest absolute Gasteiger partial charge is 0.476 e. The minimum absolute atomic E-state index is 0.0311. The number of ether oxygens (including phenoxy) is 1. The van der Waals surface area contributed by atoms with Gasteiger partial charge in [0.1, 0.15) is 11.6 Å². The molecular formula is C19H21F3N2O3. The van der Waals surface area contributed by atoms with E-state index in [1.54, 1.807) is 6.92 Å². The van der Waals surface area contributed by atoms with E-state index in [1.165, 1.54) is 30.7 Å². The van der Waals surface area contributed by atoms with Gasteiger partial charge in [-0.3, -0.25) is 0 Å². The summed E-state index contributed by atoms with van der Waals surface area (Å²) >= 11 is 0. The van der Waals surface area contributed by atoms with Gasteiger partial charge >= 0.3 is 12.3 Å². The molecule has 1 aliphatic rings. The fourth-order valence-electron chi connectivity index (χ4n) is 3.61. The Bertz CT molecular complexity index is 807. The van der Waals surface area contributed by atoms with E-state index < -0.39 is 12.3 Å². The Kier molecular flexibility index (Phi) is 5.43. The third-order valence-electron chi connectivity index (χ3n) is 4.94. The van der Waals surface area contributed by atoms with Crippen LogP contribution in [0.15, 0.2) is 24.3 Å². The summed E-state index contributed by atoms with van der Waals surface area (Å²) in [7, 11) is 0. The van der Waals surface area contributed by atoms with Crippen molar-refractivity contribution in [3.05, 3.63) is 35.7 Å². The number of carboxylic acids is 1. The van der Waals surface area contributed by atoms with Gasteiger partial charge < -0.3 is 14.4 Å². The number of halogens is 3. The third-order valence-corrected chi connectivity index (χ3v) is 4.94. The predicted octanol–water partition coefficient (Wildman–Crippen LogP) is 5.04. The van der Waals surface area contributed by atoms with E-state index in [1.807, 2.05) is 4.57 Å². The number of hydrogen-bond acceptors (Lipinski definition) is 3. The van der Waals surface area contributed by atoms with Crippen molar-refractivity contribution in [2.24, 2.45) is 5.92 Å². The van der Waals surface area contributed by atoms with Crippen molar-refractivity contribution < 1.29 is 27.8 Å². The van der Waals surface area contributed by atoms with Gasteiger partial charge in [0.25, 0.3) is 0 Å². The molecule has 8 heteroatoms. The van der Waals surface area contributed by atoms with E-state index in [0.717, 1.165) is 25.7 Å². The van der Waals surface area contributed by atoms with Crippen molar-refractivity contribution >= 4 is 5.97 Å². The molecule has 1 N–H and O–H groups in total. The SMILES string of the molecule is Cc1c(C(=O)O)nc(-c2ccc(OC(F)(F)F)cc2)n1CC1CCCCC1. The highest BCUT2D eigenvalue weighted by Crippen LogP contribution is 2.31. The molecule has 1 fully saturated rings. The quantitative estimate of drug-likeness (QED) is 0.787. The number of imidazole rings is 1. The lowest BCUT2D eigenvalue weighted by Crippen LogP contribution is -2.17. The molecule has 1 aromatic heterocycles. The van der Waals surface area contributed by atoms with Crippen LogP contribution in [0.5, 0.6) is 5.75 Å². The number of rotatable bonds is 5. The number of aromatic carboxylic acids is 1. The zero-order valence-corrected chi connectivity index (χ0v) is 14.9. The molecule has 5 nitrogen and oxygen atoms in total. The zero-order valence-electron chi connectivity index (χ0n) is 14.9. The molecule has 0 unspecified atom stereocenters. The van der Waals surface area contributed by atoms with Gasteiger partial charge in [0.05, 0.1) is 0 Å². The van der Waals surface area contributed by atoms with Gasteiger partial charge in [0, 0.05) is 17.8 Å². The molecule has 0 saturated heterocycles. The topological polar surface area (TPSA) is 64.3 Å². The molecule has 0 spiro atoms. The minimum Gasteiger partial charge on any atom is -0.476 e. The Morgan fingerprint density at radius 1 is 1.22 bits per heavy atom. The lowest BCUT2D eigenvalue weighted by molar-refractivity contribution is -0.274. The summed E-state index contributed by atoms with van der Waals surface area (Å²) in [6, 6.07) is 5.34. The van der Waals surface area contributed by atoms with Crippen LogP contribution >= 0.6 is 0 Å². The molecule has 0 bridgehead atoms. The average Bonchev–Trinajstić information content (AvgIpc) is 2.92. The summed E-state index contributed by atoms with van der Waals surface area (Å²) in [6.07, 6.45) is 0.934. The van der Waals surface area contributed by atoms with Crippen molar-refractivity contribution in [3.8, 4) is 17.1 Å². The number of nitrogens with zero attached hydrogens (tertiary/aromatic N) is 2. The molecule has 3 rings (SSSR count). The van der Waals surface area contributed by atoms with Crippen LogP contribution in [0, 0.1) is 12.8 Å². The van der Waals surface area contributed by atoms with Crippen LogP contribution in [0.25, 0.3) is 11.4 Å². The molecule has 1 heterocycles. The minimum atomic E-state index is -4.76. The van der Waals surface area contributed by atoms with Crippen LogP contribution < -0.4 is 4.74 Å². The number of hydrogen-bond donors (Lipinski definition) is 1. The van der Waals surface area contributed by atoms with Crippen LogP contribution in [-0.2, 0) is 6.54 Å². The van der Waals surface area contributed by atoms with Gasteiger partial charge in [-0.15, -0.1) is 13.2 Å². The standard InChI is InChI=1S/C19H21F3N2O3/c1-12-16(18(25)26)23-17(24(12)11-13-5-3-2-4-6-13)14-7-9-15(10-8-14)27-19(20,21)22/h7-10,13H,2-6,11H2,1H3,(H,25,26). The van der Waals surface area contributed by atoms with E-state index >= 15 is 0 Å². The summed E-state index contributed by atoms with van der Waals surface area (Å²) in [5.41, 5.74) is 1.08. The second-order valence-corrected chi connectivity index (χ2v) is 6.86. The van der Waals surface area contributed by atoms with Crippen molar-refractivity contribution in [3.63, 3.8) is 0 Å². The molecule has 0 aliphatic heterocycles. The van der Waals surface area contributed by atoms with Crippen LogP contribution in [0.2, 0.25) is 0 Å². The van der Waals surface area contributed by atoms with E-state index in [4.69, 9.17) is 0 Å². The van der Waals surface area contributed by atoms with Gasteiger partial charge in [0.15, 0.2) is 5.69 Å². The van der Waals surface area contributed by atoms with Crippen molar-refractivity contribution in [2.75, 3.05) is 0 Å². The van der Waals surface area contributed by atoms with Crippen LogP contribution in [0.3, 0.4) is 0 Å². The van der Waals surface area contributed by atoms with Gasteiger partial charge in [-0.2, -0.15) is 0 Å². The van der Waals surface area contributed by atoms with Crippen LogP contribution in [-0.4, -0.2) is 27.0 Å². The number of carboxylic acid groups (broad SMARTS) is 1. The first kappa shape index (κ1) is 19.3. The summed E-state index contributed by atoms with van der Waals surface area (Å²) in [5, 5.41) is 9.41. The maximum Gasteiger partial charge on any atom is 0.573 e. The fourth-order valence-corrected chi connectivity index (χ4v) is 3.61. The Morgan fingerprint density at radius 2 is 1.85 bits per heavy atom. The number of alkyl halides is 3. The van der Waals surface area contributed by atoms with Gasteiger partial charge in [-0.1, -0.05) is 19.3 Å². The fraction of sp³-hybridized carbons (Fsp3) is 0.474. The maximum absolute atomic E-state index is 12.3. The van der Waals surface area contributed by atoms with Crippen LogP contribution in [0.1, 0.15) is 48.3 Å². The van der Waals surface area contributed by atoms with Crippen molar-refractivity contribution in [1.29, 1.82) is 0 Å². The first-order chi connectivity index (χ1) is 12.7. The van der Waals surface area contributed by atoms with Crippen molar-refractivity contribution in [2.45, 2.75) is 51.9 Å². The Hall–Kier alpha value is -2.51. The summed E-state index contributed by atoms with van der Waals surface area (Å²) in [5.74, 6) is -0.547. The summed E-state index contributed by atoms with van der Waals surface area (Å²) < 4.78 is 42.8. The third kappa shape index (κ3) is 4.61. The maximum atomic E-state index is 12.3. The average molecular weight is 382 g/mol. The lowest BCUT2D eigenvalue weighted by Gasteiger charge is -2.23. The van der Waals surface area contributed by atoms with E-state index in [0.29, 0.717) is 29.5 Å². The second kappa shape index (κ2) is 7.62. The second-order valence-electron chi connectivity index (χ2n) is 6.86. The molecule has 0 amide bonds. The van der Waals surface area contributed by atoms with Gasteiger partial charge in [0.2, 0.25) is 0 Å². The van der Waals surface area contributed by atoms with Crippen LogP contribution in [0.4, 0.5) is 13.2 Å². The van der Waals surface area contributed by atoms with E-state index in [2.05, 4.69) is 9.72 Å². The first-order valence-corrected chi connectivity index (χ1v) is 8.91. The van der Waals surface area contributed by atoms with Crippen molar-refractivity contribution in [1.82, 2.24) is 9.55 Å². The highest BCUT2D eigenvalue weighted by Gasteiger charge is 2.31. The largest absolute Gasteiger partial charge is 0.573 e. The molecule has 146 valence electrons. The Balaban J connectivity index is 1.93. The molecule has 1 aliphatic carbocycles. The molecule has 0 atom stereocenters. The molecule has 0 radical (unpaired) electrons.